The van der Waals surface area contributed by atoms with E-state index in [9.17, 15) is 4.79 Å². The van der Waals surface area contributed by atoms with Gasteiger partial charge in [-0.05, 0) is 64.1 Å². The molecule has 0 N–H and O–H groups in total. The fraction of sp³-hybridized carbons (Fsp3) is 0.765. The van der Waals surface area contributed by atoms with Gasteiger partial charge < -0.3 is 14.3 Å². The maximum Gasteiger partial charge on any atom is 0.276 e. The van der Waals surface area contributed by atoms with Gasteiger partial charge in [0.2, 0.25) is 0 Å². The highest BCUT2D eigenvalue weighted by atomic mass is 16.5. The maximum absolute atomic E-state index is 12.6. The molecule has 3 fully saturated rings. The van der Waals surface area contributed by atoms with Gasteiger partial charge in [-0.3, -0.25) is 4.79 Å². The smallest absolute Gasteiger partial charge is 0.276 e. The Labute approximate surface area is 131 Å². The van der Waals surface area contributed by atoms with Gasteiger partial charge >= 0.3 is 0 Å². The highest BCUT2D eigenvalue weighted by Crippen LogP contribution is 2.40. The van der Waals surface area contributed by atoms with E-state index < -0.39 is 0 Å². The van der Waals surface area contributed by atoms with Crippen molar-refractivity contribution in [2.45, 2.75) is 38.0 Å². The molecule has 5 nitrogen and oxygen atoms in total. The Morgan fingerprint density at radius 1 is 1.14 bits per heavy atom. The molecule has 0 bridgehead atoms. The summed E-state index contributed by atoms with van der Waals surface area (Å²) in [6, 6.07) is 1.86. The average Bonchev–Trinajstić information content (AvgIpc) is 3.07. The van der Waals surface area contributed by atoms with Crippen molar-refractivity contribution in [3.05, 3.63) is 17.5 Å². The molecule has 1 unspecified atom stereocenters. The van der Waals surface area contributed by atoms with Gasteiger partial charge in [-0.25, -0.2) is 0 Å². The molecule has 1 atom stereocenters. The summed E-state index contributed by atoms with van der Waals surface area (Å²) < 4.78 is 5.32. The van der Waals surface area contributed by atoms with Crippen molar-refractivity contribution in [3.8, 4) is 0 Å². The van der Waals surface area contributed by atoms with Crippen LogP contribution in [0.4, 0.5) is 0 Å². The zero-order valence-electron chi connectivity index (χ0n) is 13.3. The third-order valence-corrected chi connectivity index (χ3v) is 5.67. The first kappa shape index (κ1) is 14.2. The van der Waals surface area contributed by atoms with E-state index >= 15 is 0 Å². The Hall–Kier alpha value is -1.36. The minimum Gasteiger partial charge on any atom is -0.360 e. The third kappa shape index (κ3) is 2.78. The lowest BCUT2D eigenvalue weighted by Gasteiger charge is -2.32. The van der Waals surface area contributed by atoms with Crippen LogP contribution in [0.5, 0.6) is 0 Å². The predicted molar refractivity (Wildman–Crippen MR) is 82.7 cm³/mol. The SMILES string of the molecule is CN1CCC(C2CCN(C(=O)c3cc(C4CC4)on3)C2)CC1. The van der Waals surface area contributed by atoms with E-state index in [1.165, 1.54) is 38.8 Å². The van der Waals surface area contributed by atoms with Gasteiger partial charge in [0.05, 0.1) is 0 Å². The van der Waals surface area contributed by atoms with Crippen LogP contribution in [0.2, 0.25) is 0 Å². The predicted octanol–water partition coefficient (Wildman–Crippen LogP) is 2.36. The van der Waals surface area contributed by atoms with E-state index in [-0.39, 0.29) is 5.91 Å². The monoisotopic (exact) mass is 303 g/mol. The Morgan fingerprint density at radius 3 is 2.59 bits per heavy atom. The number of likely N-dealkylation sites (tertiary alicyclic amines) is 2. The van der Waals surface area contributed by atoms with E-state index in [2.05, 4.69) is 17.1 Å². The minimum atomic E-state index is 0.0612. The van der Waals surface area contributed by atoms with Crippen LogP contribution in [-0.2, 0) is 0 Å². The number of aromatic nitrogens is 1. The van der Waals surface area contributed by atoms with Crippen molar-refractivity contribution < 1.29 is 9.32 Å². The van der Waals surface area contributed by atoms with Crippen LogP contribution in [-0.4, -0.2) is 54.1 Å². The number of amides is 1. The summed E-state index contributed by atoms with van der Waals surface area (Å²) in [4.78, 5) is 17.0. The number of carbonyl (C=O) groups excluding carboxylic acids is 1. The molecule has 120 valence electrons. The molecule has 0 aromatic carbocycles. The summed E-state index contributed by atoms with van der Waals surface area (Å²) in [6.45, 7) is 4.17. The second-order valence-corrected chi connectivity index (χ2v) is 7.33. The number of hydrogen-bond donors (Lipinski definition) is 0. The van der Waals surface area contributed by atoms with Crippen molar-refractivity contribution >= 4 is 5.91 Å². The minimum absolute atomic E-state index is 0.0612. The number of rotatable bonds is 3. The van der Waals surface area contributed by atoms with Crippen LogP contribution in [0.15, 0.2) is 10.6 Å². The van der Waals surface area contributed by atoms with Crippen molar-refractivity contribution in [2.75, 3.05) is 33.2 Å². The summed E-state index contributed by atoms with van der Waals surface area (Å²) in [6.07, 6.45) is 6.04. The van der Waals surface area contributed by atoms with Gasteiger partial charge in [0.15, 0.2) is 5.69 Å². The first-order chi connectivity index (χ1) is 10.7. The molecule has 1 aromatic rings. The van der Waals surface area contributed by atoms with Crippen LogP contribution in [0, 0.1) is 11.8 Å². The molecular weight excluding hydrogens is 278 g/mol. The maximum atomic E-state index is 12.6. The van der Waals surface area contributed by atoms with Crippen LogP contribution in [0.3, 0.4) is 0 Å². The molecule has 1 amide bonds. The molecule has 1 aromatic heterocycles. The highest BCUT2D eigenvalue weighted by Gasteiger charge is 2.35. The molecule has 5 heteroatoms. The second kappa shape index (κ2) is 5.69. The molecule has 2 aliphatic heterocycles. The first-order valence-electron chi connectivity index (χ1n) is 8.65. The van der Waals surface area contributed by atoms with Crippen molar-refractivity contribution in [3.63, 3.8) is 0 Å². The quantitative estimate of drug-likeness (QED) is 0.860. The van der Waals surface area contributed by atoms with Gasteiger partial charge in [-0.1, -0.05) is 5.16 Å². The second-order valence-electron chi connectivity index (χ2n) is 7.33. The van der Waals surface area contributed by atoms with Crippen LogP contribution in [0.25, 0.3) is 0 Å². The molecule has 22 heavy (non-hydrogen) atoms. The van der Waals surface area contributed by atoms with Crippen molar-refractivity contribution in [1.82, 2.24) is 15.0 Å². The highest BCUT2D eigenvalue weighted by molar-refractivity contribution is 5.92. The van der Waals surface area contributed by atoms with Crippen molar-refractivity contribution in [2.24, 2.45) is 11.8 Å². The molecule has 1 saturated carbocycles. The molecular formula is C17H25N3O2. The fourth-order valence-electron chi connectivity index (χ4n) is 3.97. The normalized spacial score (nSPS) is 27.5. The van der Waals surface area contributed by atoms with Gasteiger partial charge in [0.1, 0.15) is 5.76 Å². The van der Waals surface area contributed by atoms with E-state index in [4.69, 9.17) is 4.52 Å². The summed E-state index contributed by atoms with van der Waals surface area (Å²) in [5, 5.41) is 4.00. The van der Waals surface area contributed by atoms with E-state index in [0.29, 0.717) is 17.5 Å². The lowest BCUT2D eigenvalue weighted by atomic mass is 9.84. The number of hydrogen-bond acceptors (Lipinski definition) is 4. The summed E-state index contributed by atoms with van der Waals surface area (Å²) in [5.74, 6) is 2.93. The standard InChI is InChI=1S/C17H25N3O2/c1-19-7-4-12(5-8-19)14-6-9-20(11-14)17(21)15-10-16(22-18-15)13-2-3-13/h10,12-14H,2-9,11H2,1H3. The topological polar surface area (TPSA) is 49.6 Å². The Bertz CT molecular complexity index is 544. The lowest BCUT2D eigenvalue weighted by molar-refractivity contribution is 0.0765. The lowest BCUT2D eigenvalue weighted by Crippen LogP contribution is -2.35. The van der Waals surface area contributed by atoms with Crippen LogP contribution in [0.1, 0.15) is 54.3 Å². The van der Waals surface area contributed by atoms with Crippen molar-refractivity contribution in [1.29, 1.82) is 0 Å². The largest absolute Gasteiger partial charge is 0.360 e. The van der Waals surface area contributed by atoms with Gasteiger partial charge in [0, 0.05) is 25.1 Å². The number of carbonyl (C=O) groups is 1. The molecule has 4 rings (SSSR count). The van der Waals surface area contributed by atoms with Crippen LogP contribution >= 0.6 is 0 Å². The molecule has 3 aliphatic rings. The van der Waals surface area contributed by atoms with E-state index in [1.807, 2.05) is 11.0 Å². The average molecular weight is 303 g/mol. The third-order valence-electron chi connectivity index (χ3n) is 5.67. The molecule has 3 heterocycles. The summed E-state index contributed by atoms with van der Waals surface area (Å²) in [7, 11) is 2.20. The fourth-order valence-corrected chi connectivity index (χ4v) is 3.97. The zero-order chi connectivity index (χ0) is 15.1. The zero-order valence-corrected chi connectivity index (χ0v) is 13.3. The van der Waals surface area contributed by atoms with Gasteiger partial charge in [-0.15, -0.1) is 0 Å². The summed E-state index contributed by atoms with van der Waals surface area (Å²) >= 11 is 0. The molecule has 0 spiro atoms. The van der Waals surface area contributed by atoms with E-state index in [0.717, 1.165) is 31.2 Å². The first-order valence-corrected chi connectivity index (χ1v) is 8.65. The Morgan fingerprint density at radius 2 is 1.86 bits per heavy atom. The molecule has 0 radical (unpaired) electrons. The molecule has 1 aliphatic carbocycles. The van der Waals surface area contributed by atoms with Gasteiger partial charge in [0.25, 0.3) is 5.91 Å². The number of piperidine rings is 1. The summed E-state index contributed by atoms with van der Waals surface area (Å²) in [5.41, 5.74) is 0.505. The Balaban J connectivity index is 1.36. The molecule has 2 saturated heterocycles. The van der Waals surface area contributed by atoms with Gasteiger partial charge in [-0.2, -0.15) is 0 Å². The van der Waals surface area contributed by atoms with E-state index in [1.54, 1.807) is 0 Å². The van der Waals surface area contributed by atoms with Crippen LogP contribution < -0.4 is 0 Å². The Kier molecular flexibility index (Phi) is 3.68. The number of nitrogens with zero attached hydrogens (tertiary/aromatic N) is 3.